The molecule has 2 amide bonds. The number of anilines is 3. The third kappa shape index (κ3) is 5.46. The molecule has 4 aromatic rings. The van der Waals surface area contributed by atoms with E-state index in [1.54, 1.807) is 23.9 Å². The monoisotopic (exact) mass is 530 g/mol. The third-order valence-electron chi connectivity index (χ3n) is 5.71. The summed E-state index contributed by atoms with van der Waals surface area (Å²) < 4.78 is 0. The summed E-state index contributed by atoms with van der Waals surface area (Å²) in [6.45, 7) is 1.92. The molecule has 1 atom stereocenters. The zero-order valence-corrected chi connectivity index (χ0v) is 21.9. The zero-order chi connectivity index (χ0) is 25.1. The van der Waals surface area contributed by atoms with Gasteiger partial charge in [0, 0.05) is 25.4 Å². The Labute approximate surface area is 224 Å². The number of carbonyl (C=O) groups excluding carboxylic acids is 2. The van der Waals surface area contributed by atoms with Gasteiger partial charge in [-0.1, -0.05) is 65.8 Å². The summed E-state index contributed by atoms with van der Waals surface area (Å²) in [7, 11) is 0. The zero-order valence-electron chi connectivity index (χ0n) is 19.5. The largest absolute Gasteiger partial charge is 0.326 e. The second-order valence-corrected chi connectivity index (χ2v) is 11.3. The SMILES string of the molecule is CC(Sc1cccc(NC(=O)Cc2ccc(Cl)cc2)c1)C(=O)N1c2ccccc2Sc2ccccc21. The van der Waals surface area contributed by atoms with E-state index in [4.69, 9.17) is 11.6 Å². The number of amides is 2. The summed E-state index contributed by atoms with van der Waals surface area (Å²) in [5.74, 6) is -0.0972. The van der Waals surface area contributed by atoms with Crippen LogP contribution in [0.3, 0.4) is 0 Å². The van der Waals surface area contributed by atoms with E-state index in [9.17, 15) is 9.59 Å². The minimum absolute atomic E-state index is 0.0115. The molecule has 0 radical (unpaired) electrons. The molecule has 5 rings (SSSR count). The number of halogens is 1. The highest BCUT2D eigenvalue weighted by Gasteiger charge is 2.31. The molecule has 7 heteroatoms. The minimum atomic E-state index is -0.339. The van der Waals surface area contributed by atoms with Gasteiger partial charge in [-0.2, -0.15) is 0 Å². The number of carbonyl (C=O) groups is 2. The molecule has 0 spiro atoms. The lowest BCUT2D eigenvalue weighted by Crippen LogP contribution is -2.34. The molecular weight excluding hydrogens is 508 g/mol. The number of nitrogens with one attached hydrogen (secondary N) is 1. The Morgan fingerprint density at radius 1 is 0.889 bits per heavy atom. The Morgan fingerprint density at radius 2 is 1.53 bits per heavy atom. The lowest BCUT2D eigenvalue weighted by Gasteiger charge is -2.32. The highest BCUT2D eigenvalue weighted by Crippen LogP contribution is 2.48. The first-order chi connectivity index (χ1) is 17.5. The van der Waals surface area contributed by atoms with Crippen LogP contribution in [0.2, 0.25) is 5.02 Å². The van der Waals surface area contributed by atoms with Crippen LogP contribution in [0.4, 0.5) is 17.1 Å². The first-order valence-electron chi connectivity index (χ1n) is 11.5. The smallest absolute Gasteiger partial charge is 0.244 e. The quantitative estimate of drug-likeness (QED) is 0.258. The number of nitrogens with zero attached hydrogens (tertiary/aromatic N) is 1. The van der Waals surface area contributed by atoms with Crippen LogP contribution in [0.5, 0.6) is 0 Å². The van der Waals surface area contributed by atoms with Crippen LogP contribution in [-0.2, 0) is 16.0 Å². The van der Waals surface area contributed by atoms with Crippen LogP contribution in [-0.4, -0.2) is 17.1 Å². The van der Waals surface area contributed by atoms with Gasteiger partial charge in [0.05, 0.1) is 23.0 Å². The van der Waals surface area contributed by atoms with E-state index >= 15 is 0 Å². The van der Waals surface area contributed by atoms with Gasteiger partial charge in [-0.25, -0.2) is 0 Å². The van der Waals surface area contributed by atoms with E-state index < -0.39 is 0 Å². The van der Waals surface area contributed by atoms with Crippen LogP contribution < -0.4 is 10.2 Å². The molecule has 0 aromatic heterocycles. The number of para-hydroxylation sites is 2. The van der Waals surface area contributed by atoms with Gasteiger partial charge in [0.1, 0.15) is 0 Å². The fraction of sp³-hybridized carbons (Fsp3) is 0.103. The van der Waals surface area contributed by atoms with Crippen molar-refractivity contribution in [2.24, 2.45) is 0 Å². The van der Waals surface area contributed by atoms with Crippen LogP contribution in [0.15, 0.2) is 112 Å². The minimum Gasteiger partial charge on any atom is -0.326 e. The molecule has 0 saturated heterocycles. The van der Waals surface area contributed by atoms with Crippen molar-refractivity contribution in [2.45, 2.75) is 33.3 Å². The average molecular weight is 531 g/mol. The number of hydrogen-bond donors (Lipinski definition) is 1. The summed E-state index contributed by atoms with van der Waals surface area (Å²) in [6, 6.07) is 30.8. The summed E-state index contributed by atoms with van der Waals surface area (Å²) in [5, 5.41) is 3.26. The van der Waals surface area contributed by atoms with Crippen molar-refractivity contribution in [2.75, 3.05) is 10.2 Å². The Balaban J connectivity index is 1.30. The summed E-state index contributed by atoms with van der Waals surface area (Å²) in [4.78, 5) is 31.1. The molecule has 1 N–H and O–H groups in total. The number of hydrogen-bond acceptors (Lipinski definition) is 4. The average Bonchev–Trinajstić information content (AvgIpc) is 2.88. The Bertz CT molecular complexity index is 1380. The number of benzene rings is 4. The van der Waals surface area contributed by atoms with Gasteiger partial charge >= 0.3 is 0 Å². The molecule has 36 heavy (non-hydrogen) atoms. The maximum absolute atomic E-state index is 13.7. The Hall–Kier alpha value is -3.19. The van der Waals surface area contributed by atoms with Gasteiger partial charge in [0.15, 0.2) is 0 Å². The van der Waals surface area contributed by atoms with Crippen LogP contribution in [0, 0.1) is 0 Å². The van der Waals surface area contributed by atoms with E-state index in [2.05, 4.69) is 5.32 Å². The molecule has 180 valence electrons. The van der Waals surface area contributed by atoms with Crippen molar-refractivity contribution in [1.29, 1.82) is 0 Å². The predicted molar refractivity (Wildman–Crippen MR) is 150 cm³/mol. The molecule has 0 bridgehead atoms. The summed E-state index contributed by atoms with van der Waals surface area (Å²) >= 11 is 9.09. The van der Waals surface area contributed by atoms with Crippen molar-refractivity contribution in [3.63, 3.8) is 0 Å². The first-order valence-corrected chi connectivity index (χ1v) is 13.6. The highest BCUT2D eigenvalue weighted by molar-refractivity contribution is 8.00. The maximum Gasteiger partial charge on any atom is 0.244 e. The van der Waals surface area contributed by atoms with E-state index in [0.717, 1.165) is 31.6 Å². The van der Waals surface area contributed by atoms with Gasteiger partial charge in [-0.3, -0.25) is 14.5 Å². The summed E-state index contributed by atoms with van der Waals surface area (Å²) in [5.41, 5.74) is 3.40. The number of fused-ring (bicyclic) bond motifs is 2. The van der Waals surface area contributed by atoms with E-state index in [0.29, 0.717) is 10.7 Å². The molecule has 1 unspecified atom stereocenters. The number of rotatable bonds is 6. The van der Waals surface area contributed by atoms with E-state index in [-0.39, 0.29) is 23.5 Å². The predicted octanol–water partition coefficient (Wildman–Crippen LogP) is 7.83. The van der Waals surface area contributed by atoms with Gasteiger partial charge in [0.2, 0.25) is 11.8 Å². The topological polar surface area (TPSA) is 49.4 Å². The van der Waals surface area contributed by atoms with Gasteiger partial charge in [0.25, 0.3) is 0 Å². The fourth-order valence-corrected chi connectivity index (χ4v) is 6.17. The fourth-order valence-electron chi connectivity index (χ4n) is 4.02. The molecule has 0 aliphatic carbocycles. The highest BCUT2D eigenvalue weighted by atomic mass is 35.5. The molecule has 1 heterocycles. The number of thioether (sulfide) groups is 1. The second-order valence-electron chi connectivity index (χ2n) is 8.35. The van der Waals surface area contributed by atoms with E-state index in [1.165, 1.54) is 11.8 Å². The van der Waals surface area contributed by atoms with Crippen LogP contribution in [0.25, 0.3) is 0 Å². The van der Waals surface area contributed by atoms with E-state index in [1.807, 2.05) is 96.8 Å². The molecule has 0 saturated carbocycles. The van der Waals surface area contributed by atoms with Crippen LogP contribution in [0.1, 0.15) is 12.5 Å². The maximum atomic E-state index is 13.7. The van der Waals surface area contributed by atoms with Crippen molar-refractivity contribution in [3.05, 3.63) is 108 Å². The molecule has 4 nitrogen and oxygen atoms in total. The van der Waals surface area contributed by atoms with Crippen LogP contribution >= 0.6 is 35.1 Å². The molecule has 4 aromatic carbocycles. The lowest BCUT2D eigenvalue weighted by atomic mass is 10.1. The van der Waals surface area contributed by atoms with Gasteiger partial charge < -0.3 is 5.32 Å². The Kier molecular flexibility index (Phi) is 7.37. The molecule has 0 fully saturated rings. The molecule has 1 aliphatic heterocycles. The summed E-state index contributed by atoms with van der Waals surface area (Å²) in [6.07, 6.45) is 0.259. The van der Waals surface area contributed by atoms with Crippen molar-refractivity contribution in [1.82, 2.24) is 0 Å². The van der Waals surface area contributed by atoms with Crippen molar-refractivity contribution < 1.29 is 9.59 Å². The van der Waals surface area contributed by atoms with Gasteiger partial charge in [-0.05, 0) is 67.1 Å². The van der Waals surface area contributed by atoms with Crippen molar-refractivity contribution >= 4 is 64.0 Å². The normalized spacial score (nSPS) is 12.9. The van der Waals surface area contributed by atoms with Gasteiger partial charge in [-0.15, -0.1) is 11.8 Å². The lowest BCUT2D eigenvalue weighted by molar-refractivity contribution is -0.117. The van der Waals surface area contributed by atoms with Crippen molar-refractivity contribution in [3.8, 4) is 0 Å². The molecule has 1 aliphatic rings. The first kappa shape index (κ1) is 24.5. The molecular formula is C29H23ClN2O2S2. The Morgan fingerprint density at radius 3 is 2.19 bits per heavy atom. The third-order valence-corrected chi connectivity index (χ3v) is 8.17. The second kappa shape index (κ2) is 10.8. The standard InChI is InChI=1S/C29H23ClN2O2S2/c1-19(29(34)32-24-9-2-4-11-26(24)36-27-12-5-3-10-25(27)32)35-23-8-6-7-22(18-23)31-28(33)17-20-13-15-21(30)16-14-20/h2-16,18-19H,17H2,1H3,(H,31,33).